The van der Waals surface area contributed by atoms with E-state index in [1.54, 1.807) is 42.8 Å². The molecule has 0 saturated carbocycles. The van der Waals surface area contributed by atoms with Crippen molar-refractivity contribution in [2.75, 3.05) is 53.6 Å². The summed E-state index contributed by atoms with van der Waals surface area (Å²) >= 11 is 0. The molecule has 1 heterocycles. The fourth-order valence-corrected chi connectivity index (χ4v) is 4.66. The number of ether oxygens (including phenoxy) is 3. The first-order valence-corrected chi connectivity index (χ1v) is 11.1. The van der Waals surface area contributed by atoms with Crippen molar-refractivity contribution in [3.05, 3.63) is 48.5 Å². The zero-order valence-electron chi connectivity index (χ0n) is 16.9. The van der Waals surface area contributed by atoms with Crippen LogP contribution in [0.25, 0.3) is 0 Å². The first kappa shape index (κ1) is 21.4. The van der Waals surface area contributed by atoms with Crippen molar-refractivity contribution in [3.63, 3.8) is 0 Å². The Morgan fingerprint density at radius 2 is 1.31 bits per heavy atom. The Morgan fingerprint density at radius 1 is 0.793 bits per heavy atom. The molecule has 2 aromatic carbocycles. The topological polar surface area (TPSA) is 68.3 Å². The second-order valence-corrected chi connectivity index (χ2v) is 8.74. The van der Waals surface area contributed by atoms with E-state index in [0.29, 0.717) is 30.3 Å². The third-order valence-electron chi connectivity index (χ3n) is 4.98. The van der Waals surface area contributed by atoms with E-state index in [4.69, 9.17) is 14.2 Å². The highest BCUT2D eigenvalue weighted by molar-refractivity contribution is 7.89. The van der Waals surface area contributed by atoms with Gasteiger partial charge in [0.15, 0.2) is 0 Å². The van der Waals surface area contributed by atoms with Gasteiger partial charge < -0.3 is 19.1 Å². The standard InChI is InChI=1S/C21H28N2O5S/c1-26-18-4-6-20(7-5-18)28-17-3-12-22-13-15-23(16-14-22)29(24,25)21-10-8-19(27-2)9-11-21/h4-11H,3,12-17H2,1-2H3. The van der Waals surface area contributed by atoms with Crippen LogP contribution in [0, 0.1) is 0 Å². The number of nitrogens with zero attached hydrogens (tertiary/aromatic N) is 2. The number of hydrogen-bond acceptors (Lipinski definition) is 6. The Hall–Kier alpha value is -2.29. The summed E-state index contributed by atoms with van der Waals surface area (Å²) in [6, 6.07) is 14.1. The maximum atomic E-state index is 12.8. The number of hydrogen-bond donors (Lipinski definition) is 0. The summed E-state index contributed by atoms with van der Waals surface area (Å²) in [4.78, 5) is 2.58. The Balaban J connectivity index is 1.41. The fraction of sp³-hybridized carbons (Fsp3) is 0.429. The van der Waals surface area contributed by atoms with Crippen molar-refractivity contribution in [2.24, 2.45) is 0 Å². The van der Waals surface area contributed by atoms with Gasteiger partial charge in [0.05, 0.1) is 25.7 Å². The number of rotatable bonds is 9. The van der Waals surface area contributed by atoms with Crippen molar-refractivity contribution in [3.8, 4) is 17.2 Å². The Kier molecular flexibility index (Phi) is 7.35. The van der Waals surface area contributed by atoms with Crippen LogP contribution in [0.3, 0.4) is 0 Å². The van der Waals surface area contributed by atoms with Crippen LogP contribution >= 0.6 is 0 Å². The van der Waals surface area contributed by atoms with E-state index in [1.165, 1.54) is 0 Å². The normalized spacial score (nSPS) is 15.8. The quantitative estimate of drug-likeness (QED) is 0.581. The first-order valence-electron chi connectivity index (χ1n) is 9.66. The first-order chi connectivity index (χ1) is 14.0. The molecule has 0 unspecified atom stereocenters. The molecule has 7 nitrogen and oxygen atoms in total. The second kappa shape index (κ2) is 9.96. The van der Waals surface area contributed by atoms with Crippen molar-refractivity contribution in [1.29, 1.82) is 0 Å². The molecular weight excluding hydrogens is 392 g/mol. The Bertz CT molecular complexity index is 861. The Morgan fingerprint density at radius 3 is 1.86 bits per heavy atom. The van der Waals surface area contributed by atoms with Gasteiger partial charge in [-0.2, -0.15) is 4.31 Å². The Labute approximate surface area is 172 Å². The average molecular weight is 421 g/mol. The predicted molar refractivity (Wildman–Crippen MR) is 111 cm³/mol. The van der Waals surface area contributed by atoms with Gasteiger partial charge in [-0.3, -0.25) is 0 Å². The highest BCUT2D eigenvalue weighted by atomic mass is 32.2. The van der Waals surface area contributed by atoms with E-state index >= 15 is 0 Å². The van der Waals surface area contributed by atoms with Crippen LogP contribution in [0.1, 0.15) is 6.42 Å². The highest BCUT2D eigenvalue weighted by Crippen LogP contribution is 2.21. The van der Waals surface area contributed by atoms with Gasteiger partial charge in [-0.25, -0.2) is 8.42 Å². The van der Waals surface area contributed by atoms with E-state index in [9.17, 15) is 8.42 Å². The fourth-order valence-electron chi connectivity index (χ4n) is 3.24. The van der Waals surface area contributed by atoms with Gasteiger partial charge in [-0.05, 0) is 55.0 Å². The smallest absolute Gasteiger partial charge is 0.243 e. The predicted octanol–water partition coefficient (Wildman–Crippen LogP) is 2.48. The largest absolute Gasteiger partial charge is 0.497 e. The summed E-state index contributed by atoms with van der Waals surface area (Å²) in [5, 5.41) is 0. The van der Waals surface area contributed by atoms with Crippen LogP contribution in [0.4, 0.5) is 0 Å². The number of sulfonamides is 1. The maximum absolute atomic E-state index is 12.8. The zero-order valence-corrected chi connectivity index (χ0v) is 17.7. The van der Waals surface area contributed by atoms with Gasteiger partial charge in [0, 0.05) is 32.7 Å². The third kappa shape index (κ3) is 5.62. The molecule has 0 aromatic heterocycles. The lowest BCUT2D eigenvalue weighted by Crippen LogP contribution is -2.48. The summed E-state index contributed by atoms with van der Waals surface area (Å²) in [6.07, 6.45) is 0.886. The molecule has 0 aliphatic carbocycles. The zero-order chi connectivity index (χ0) is 20.7. The van der Waals surface area contributed by atoms with E-state index in [0.717, 1.165) is 37.6 Å². The summed E-state index contributed by atoms with van der Waals surface area (Å²) in [5.41, 5.74) is 0. The van der Waals surface area contributed by atoms with Crippen molar-refractivity contribution >= 4 is 10.0 Å². The molecule has 158 valence electrons. The molecule has 0 bridgehead atoms. The minimum Gasteiger partial charge on any atom is -0.497 e. The summed E-state index contributed by atoms with van der Waals surface area (Å²) < 4.78 is 43.1. The van der Waals surface area contributed by atoms with Crippen molar-refractivity contribution in [2.45, 2.75) is 11.3 Å². The number of piperazine rings is 1. The van der Waals surface area contributed by atoms with Crippen LogP contribution in [-0.2, 0) is 10.0 Å². The van der Waals surface area contributed by atoms with Gasteiger partial charge in [0.25, 0.3) is 0 Å². The third-order valence-corrected chi connectivity index (χ3v) is 6.89. The van der Waals surface area contributed by atoms with E-state index < -0.39 is 10.0 Å². The molecule has 1 aliphatic heterocycles. The summed E-state index contributed by atoms with van der Waals surface area (Å²) in [6.45, 7) is 3.93. The van der Waals surface area contributed by atoms with Gasteiger partial charge in [-0.15, -0.1) is 0 Å². The number of methoxy groups -OCH3 is 2. The van der Waals surface area contributed by atoms with Crippen LogP contribution in [0.5, 0.6) is 17.2 Å². The molecule has 2 aromatic rings. The molecule has 0 atom stereocenters. The molecular formula is C21H28N2O5S. The van der Waals surface area contributed by atoms with Gasteiger partial charge in [0.1, 0.15) is 17.2 Å². The molecule has 8 heteroatoms. The van der Waals surface area contributed by atoms with Crippen molar-refractivity contribution < 1.29 is 22.6 Å². The molecule has 1 fully saturated rings. The minimum atomic E-state index is -3.46. The molecule has 3 rings (SSSR count). The summed E-state index contributed by atoms with van der Waals surface area (Å²) in [5.74, 6) is 2.27. The molecule has 0 amide bonds. The van der Waals surface area contributed by atoms with Crippen molar-refractivity contribution in [1.82, 2.24) is 9.21 Å². The molecule has 1 aliphatic rings. The lowest BCUT2D eigenvalue weighted by molar-refractivity contribution is 0.174. The maximum Gasteiger partial charge on any atom is 0.243 e. The van der Waals surface area contributed by atoms with Crippen LogP contribution < -0.4 is 14.2 Å². The molecule has 0 radical (unpaired) electrons. The van der Waals surface area contributed by atoms with Crippen LogP contribution in [0.2, 0.25) is 0 Å². The molecule has 0 spiro atoms. The lowest BCUT2D eigenvalue weighted by atomic mass is 10.3. The van der Waals surface area contributed by atoms with Gasteiger partial charge >= 0.3 is 0 Å². The van der Waals surface area contributed by atoms with Gasteiger partial charge in [0.2, 0.25) is 10.0 Å². The van der Waals surface area contributed by atoms with E-state index in [1.807, 2.05) is 24.3 Å². The highest BCUT2D eigenvalue weighted by Gasteiger charge is 2.28. The molecule has 0 N–H and O–H groups in total. The summed E-state index contributed by atoms with van der Waals surface area (Å²) in [7, 11) is -0.264. The average Bonchev–Trinajstić information content (AvgIpc) is 2.77. The van der Waals surface area contributed by atoms with Crippen LogP contribution in [-0.4, -0.2) is 71.2 Å². The monoisotopic (exact) mass is 420 g/mol. The second-order valence-electron chi connectivity index (χ2n) is 6.80. The van der Waals surface area contributed by atoms with E-state index in [-0.39, 0.29) is 0 Å². The minimum absolute atomic E-state index is 0.305. The SMILES string of the molecule is COc1ccc(OCCCN2CCN(S(=O)(=O)c3ccc(OC)cc3)CC2)cc1. The van der Waals surface area contributed by atoms with E-state index in [2.05, 4.69) is 4.90 Å². The lowest BCUT2D eigenvalue weighted by Gasteiger charge is -2.33. The van der Waals surface area contributed by atoms with Crippen LogP contribution in [0.15, 0.2) is 53.4 Å². The number of benzene rings is 2. The molecule has 1 saturated heterocycles. The molecule has 29 heavy (non-hydrogen) atoms. The van der Waals surface area contributed by atoms with Gasteiger partial charge in [-0.1, -0.05) is 0 Å².